The summed E-state index contributed by atoms with van der Waals surface area (Å²) in [5, 5.41) is 6.35. The van der Waals surface area contributed by atoms with Gasteiger partial charge in [-0.15, -0.1) is 0 Å². The number of benzene rings is 3. The van der Waals surface area contributed by atoms with Crippen LogP contribution >= 0.6 is 23.8 Å². The first-order valence-electron chi connectivity index (χ1n) is 9.48. The fourth-order valence-electron chi connectivity index (χ4n) is 2.88. The van der Waals surface area contributed by atoms with Crippen molar-refractivity contribution in [1.29, 1.82) is 0 Å². The van der Waals surface area contributed by atoms with Crippen LogP contribution in [0, 0.1) is 0 Å². The van der Waals surface area contributed by atoms with Gasteiger partial charge in [0, 0.05) is 17.1 Å². The maximum Gasteiger partial charge on any atom is 0.264 e. The van der Waals surface area contributed by atoms with Crippen LogP contribution in [-0.2, 0) is 11.2 Å². The molecule has 0 spiro atoms. The van der Waals surface area contributed by atoms with Gasteiger partial charge in [0.15, 0.2) is 23.2 Å². The van der Waals surface area contributed by atoms with Crippen LogP contribution in [0.1, 0.15) is 11.5 Å². The number of hydrogen-bond donors (Lipinski definition) is 2. The number of nitrogens with one attached hydrogen (secondary N) is 2. The van der Waals surface area contributed by atoms with E-state index in [2.05, 4.69) is 15.6 Å². The first kappa shape index (κ1) is 20.8. The van der Waals surface area contributed by atoms with Crippen LogP contribution in [0.4, 0.5) is 5.69 Å². The number of hydrogen-bond acceptors (Lipinski definition) is 5. The molecule has 4 aromatic rings. The molecule has 1 heterocycles. The van der Waals surface area contributed by atoms with E-state index in [4.69, 9.17) is 33.0 Å². The number of oxazole rings is 1. The van der Waals surface area contributed by atoms with E-state index in [9.17, 15) is 4.79 Å². The number of nitrogens with zero attached hydrogens (tertiary/aromatic N) is 1. The summed E-state index contributed by atoms with van der Waals surface area (Å²) in [6.45, 7) is -0.160. The third-order valence-corrected chi connectivity index (χ3v) is 4.80. The minimum atomic E-state index is -0.361. The zero-order valence-corrected chi connectivity index (χ0v) is 17.9. The van der Waals surface area contributed by atoms with E-state index in [1.165, 1.54) is 0 Å². The van der Waals surface area contributed by atoms with Crippen molar-refractivity contribution in [2.75, 3.05) is 11.9 Å². The van der Waals surface area contributed by atoms with Crippen LogP contribution in [0.15, 0.2) is 77.2 Å². The molecule has 1 aromatic heterocycles. The van der Waals surface area contributed by atoms with Crippen LogP contribution in [0.25, 0.3) is 11.1 Å². The zero-order chi connectivity index (χ0) is 21.6. The van der Waals surface area contributed by atoms with E-state index in [0.29, 0.717) is 23.1 Å². The minimum Gasteiger partial charge on any atom is -0.484 e. The molecule has 0 aliphatic carbocycles. The summed E-state index contributed by atoms with van der Waals surface area (Å²) in [5.74, 6) is 0.846. The summed E-state index contributed by atoms with van der Waals surface area (Å²) in [4.78, 5) is 16.5. The average Bonchev–Trinajstić information content (AvgIpc) is 3.17. The van der Waals surface area contributed by atoms with Crippen LogP contribution in [0.5, 0.6) is 5.75 Å². The Labute approximate surface area is 189 Å². The molecule has 0 radical (unpaired) electrons. The smallest absolute Gasteiger partial charge is 0.264 e. The summed E-state index contributed by atoms with van der Waals surface area (Å²) in [7, 11) is 0. The molecule has 0 bridgehead atoms. The number of amides is 1. The predicted molar refractivity (Wildman–Crippen MR) is 125 cm³/mol. The molecule has 3 aromatic carbocycles. The summed E-state index contributed by atoms with van der Waals surface area (Å²) in [6, 6.07) is 22.1. The number of fused-ring (bicyclic) bond motifs is 1. The molecule has 0 atom stereocenters. The van der Waals surface area contributed by atoms with E-state index in [1.54, 1.807) is 24.3 Å². The van der Waals surface area contributed by atoms with Gasteiger partial charge in [-0.05, 0) is 66.3 Å². The molecule has 2 N–H and O–H groups in total. The van der Waals surface area contributed by atoms with Gasteiger partial charge in [-0.2, -0.15) is 0 Å². The van der Waals surface area contributed by atoms with Crippen molar-refractivity contribution in [3.05, 3.63) is 89.3 Å². The molecule has 0 aliphatic heterocycles. The summed E-state index contributed by atoms with van der Waals surface area (Å²) < 4.78 is 11.2. The lowest BCUT2D eigenvalue weighted by molar-refractivity contribution is -0.121. The molecule has 6 nitrogen and oxygen atoms in total. The van der Waals surface area contributed by atoms with Crippen LogP contribution < -0.4 is 15.4 Å². The lowest BCUT2D eigenvalue weighted by Gasteiger charge is -2.11. The lowest BCUT2D eigenvalue weighted by Crippen LogP contribution is -2.37. The second-order valence-electron chi connectivity index (χ2n) is 6.69. The molecule has 4 rings (SSSR count). The Balaban J connectivity index is 1.26. The minimum absolute atomic E-state index is 0.160. The maximum atomic E-state index is 12.0. The summed E-state index contributed by atoms with van der Waals surface area (Å²) in [6.07, 6.45) is 0.582. The Morgan fingerprint density at radius 2 is 1.77 bits per heavy atom. The molecule has 31 heavy (non-hydrogen) atoms. The third kappa shape index (κ3) is 5.81. The fraction of sp³-hybridized carbons (Fsp3) is 0.0870. The Bertz CT molecular complexity index is 1170. The summed E-state index contributed by atoms with van der Waals surface area (Å²) in [5.41, 5.74) is 3.42. The molecule has 1 amide bonds. The van der Waals surface area contributed by atoms with Gasteiger partial charge >= 0.3 is 0 Å². The van der Waals surface area contributed by atoms with Gasteiger partial charge in [-0.25, -0.2) is 4.98 Å². The van der Waals surface area contributed by atoms with Gasteiger partial charge in [0.05, 0.1) is 0 Å². The molecular formula is C23H18ClN3O3S. The van der Waals surface area contributed by atoms with Crippen LogP contribution in [0.3, 0.4) is 0 Å². The average molecular weight is 452 g/mol. The maximum absolute atomic E-state index is 12.0. The number of halogens is 1. The van der Waals surface area contributed by atoms with Gasteiger partial charge in [0.25, 0.3) is 5.91 Å². The number of carbonyl (C=O) groups is 1. The first-order valence-corrected chi connectivity index (χ1v) is 10.3. The van der Waals surface area contributed by atoms with Gasteiger partial charge in [-0.3, -0.25) is 10.1 Å². The van der Waals surface area contributed by atoms with Gasteiger partial charge in [0.2, 0.25) is 0 Å². The van der Waals surface area contributed by atoms with Crippen molar-refractivity contribution in [2.45, 2.75) is 6.42 Å². The second-order valence-corrected chi connectivity index (χ2v) is 7.54. The number of anilines is 1. The number of carbonyl (C=O) groups excluding carboxylic acids is 1. The van der Waals surface area contributed by atoms with Crippen molar-refractivity contribution in [2.24, 2.45) is 0 Å². The number of para-hydroxylation sites is 2. The van der Waals surface area contributed by atoms with Crippen molar-refractivity contribution in [3.8, 4) is 5.75 Å². The lowest BCUT2D eigenvalue weighted by atomic mass is 10.1. The highest BCUT2D eigenvalue weighted by Gasteiger charge is 2.08. The molecular weight excluding hydrogens is 434 g/mol. The Kier molecular flexibility index (Phi) is 6.45. The second kappa shape index (κ2) is 9.59. The molecule has 0 saturated carbocycles. The number of thiocarbonyl (C=S) groups is 1. The molecule has 0 aliphatic rings. The van der Waals surface area contributed by atoms with Crippen molar-refractivity contribution >= 4 is 51.6 Å². The van der Waals surface area contributed by atoms with Gasteiger partial charge in [-0.1, -0.05) is 35.9 Å². The Hall–Kier alpha value is -3.42. The number of ether oxygens (including phenoxy) is 1. The van der Waals surface area contributed by atoms with E-state index >= 15 is 0 Å². The summed E-state index contributed by atoms with van der Waals surface area (Å²) >= 11 is 11.0. The predicted octanol–water partition coefficient (Wildman–Crippen LogP) is 4.96. The van der Waals surface area contributed by atoms with E-state index < -0.39 is 0 Å². The highest BCUT2D eigenvalue weighted by atomic mass is 35.5. The van der Waals surface area contributed by atoms with Gasteiger partial charge in [0.1, 0.15) is 11.3 Å². The molecule has 156 valence electrons. The number of aromatic nitrogens is 1. The van der Waals surface area contributed by atoms with Crippen molar-refractivity contribution < 1.29 is 13.9 Å². The monoisotopic (exact) mass is 451 g/mol. The van der Waals surface area contributed by atoms with Crippen LogP contribution in [-0.4, -0.2) is 22.6 Å². The zero-order valence-electron chi connectivity index (χ0n) is 16.3. The Morgan fingerprint density at radius 1 is 1.03 bits per heavy atom. The molecule has 0 unspecified atom stereocenters. The van der Waals surface area contributed by atoms with E-state index in [1.807, 2.05) is 48.5 Å². The van der Waals surface area contributed by atoms with E-state index in [0.717, 1.165) is 22.4 Å². The molecule has 0 saturated heterocycles. The molecule has 8 heteroatoms. The number of rotatable bonds is 6. The molecule has 0 fully saturated rings. The highest BCUT2D eigenvalue weighted by Crippen LogP contribution is 2.19. The third-order valence-electron chi connectivity index (χ3n) is 4.34. The normalized spacial score (nSPS) is 10.6. The van der Waals surface area contributed by atoms with E-state index in [-0.39, 0.29) is 17.6 Å². The van der Waals surface area contributed by atoms with Gasteiger partial charge < -0.3 is 14.5 Å². The topological polar surface area (TPSA) is 76.4 Å². The largest absolute Gasteiger partial charge is 0.484 e. The SMILES string of the molecule is O=C(COc1ccc(Cl)cc1)NC(=S)Nc1ccc(Cc2nc3ccccc3o2)cc1. The first-order chi connectivity index (χ1) is 15.0. The van der Waals surface area contributed by atoms with Crippen molar-refractivity contribution in [1.82, 2.24) is 10.3 Å². The fourth-order valence-corrected chi connectivity index (χ4v) is 3.24. The highest BCUT2D eigenvalue weighted by molar-refractivity contribution is 7.80. The quantitative estimate of drug-likeness (QED) is 0.403. The Morgan fingerprint density at radius 3 is 2.52 bits per heavy atom. The standard InChI is InChI=1S/C23H18ClN3O3S/c24-16-7-11-18(12-8-16)29-14-21(28)27-23(31)25-17-9-5-15(6-10-17)13-22-26-19-3-1-2-4-20(19)30-22/h1-12H,13-14H2,(H2,25,27,28,31). The van der Waals surface area contributed by atoms with Crippen molar-refractivity contribution in [3.63, 3.8) is 0 Å². The van der Waals surface area contributed by atoms with Crippen LogP contribution in [0.2, 0.25) is 5.02 Å².